The summed E-state index contributed by atoms with van der Waals surface area (Å²) < 4.78 is 46.4. The number of halogens is 3. The zero-order valence-corrected chi connectivity index (χ0v) is 22.8. The van der Waals surface area contributed by atoms with Crippen LogP contribution in [-0.4, -0.2) is 78.5 Å². The smallest absolute Gasteiger partial charge is 0.410 e. The number of carbonyl (C=O) groups is 1. The van der Waals surface area contributed by atoms with E-state index in [9.17, 15) is 18.0 Å². The van der Waals surface area contributed by atoms with E-state index in [-0.39, 0.29) is 12.0 Å². The number of anilines is 1. The minimum Gasteiger partial charge on any atom is -0.444 e. The first kappa shape index (κ1) is 27.4. The van der Waals surface area contributed by atoms with Crippen LogP contribution in [-0.2, 0) is 11.3 Å². The van der Waals surface area contributed by atoms with Crippen LogP contribution in [0.2, 0.25) is 0 Å². The molecular weight excluding hydrogens is 525 g/mol. The van der Waals surface area contributed by atoms with Gasteiger partial charge in [-0.05, 0) is 44.9 Å². The van der Waals surface area contributed by atoms with Crippen LogP contribution < -0.4 is 4.90 Å². The van der Waals surface area contributed by atoms with Crippen LogP contribution in [0.25, 0.3) is 28.0 Å². The number of ether oxygens (including phenoxy) is 1. The molecule has 0 aliphatic carbocycles. The monoisotopic (exact) mass is 556 g/mol. The topological polar surface area (TPSA) is 94.2 Å². The van der Waals surface area contributed by atoms with Gasteiger partial charge >= 0.3 is 12.3 Å². The molecule has 1 atom stereocenters. The van der Waals surface area contributed by atoms with E-state index in [0.717, 1.165) is 15.9 Å². The molecule has 13 heteroatoms. The quantitative estimate of drug-likeness (QED) is 0.352. The molecule has 0 saturated carbocycles. The molecule has 0 unspecified atom stereocenters. The minimum atomic E-state index is -4.37. The molecule has 10 nitrogen and oxygen atoms in total. The van der Waals surface area contributed by atoms with Crippen LogP contribution in [0.1, 0.15) is 27.7 Å². The van der Waals surface area contributed by atoms with Gasteiger partial charge in [-0.3, -0.25) is 9.67 Å². The first-order valence-corrected chi connectivity index (χ1v) is 13.0. The number of amides is 1. The van der Waals surface area contributed by atoms with Gasteiger partial charge in [0.05, 0.1) is 23.6 Å². The molecule has 0 N–H and O–H groups in total. The zero-order chi connectivity index (χ0) is 28.7. The molecule has 1 aliphatic heterocycles. The Labute approximate surface area is 229 Å². The second-order valence-corrected chi connectivity index (χ2v) is 11.1. The molecule has 0 bridgehead atoms. The van der Waals surface area contributed by atoms with Crippen LogP contribution in [0.15, 0.2) is 49.1 Å². The summed E-state index contributed by atoms with van der Waals surface area (Å²) in [5.74, 6) is 1.53. The van der Waals surface area contributed by atoms with Crippen molar-refractivity contribution in [2.24, 2.45) is 5.92 Å². The molecule has 0 radical (unpaired) electrons. The summed E-state index contributed by atoms with van der Waals surface area (Å²) >= 11 is 0. The van der Waals surface area contributed by atoms with E-state index in [4.69, 9.17) is 9.72 Å². The fourth-order valence-electron chi connectivity index (χ4n) is 4.67. The molecular formula is C27H31F3N8O2. The normalized spacial score (nSPS) is 16.8. The predicted octanol–water partition coefficient (Wildman–Crippen LogP) is 4.93. The molecule has 212 valence electrons. The lowest BCUT2D eigenvalue weighted by atomic mass is 10.1. The van der Waals surface area contributed by atoms with Gasteiger partial charge < -0.3 is 14.5 Å². The number of alkyl halides is 3. The van der Waals surface area contributed by atoms with Crippen molar-refractivity contribution >= 4 is 22.8 Å². The second-order valence-electron chi connectivity index (χ2n) is 11.1. The van der Waals surface area contributed by atoms with Crippen LogP contribution in [0, 0.1) is 5.92 Å². The number of pyridine rings is 2. The third-order valence-corrected chi connectivity index (χ3v) is 6.34. The second kappa shape index (κ2) is 10.4. The Balaban J connectivity index is 1.38. The van der Waals surface area contributed by atoms with E-state index in [2.05, 4.69) is 27.0 Å². The summed E-state index contributed by atoms with van der Waals surface area (Å²) in [6.07, 6.45) is 1.29. The fraction of sp³-hybridized carbons (Fsp3) is 0.444. The lowest BCUT2D eigenvalue weighted by Gasteiger charge is -2.27. The third-order valence-electron chi connectivity index (χ3n) is 6.34. The first-order chi connectivity index (χ1) is 18.8. The van der Waals surface area contributed by atoms with Gasteiger partial charge in [-0.15, -0.1) is 0 Å². The predicted molar refractivity (Wildman–Crippen MR) is 143 cm³/mol. The van der Waals surface area contributed by atoms with E-state index in [1.807, 2.05) is 39.0 Å². The largest absolute Gasteiger partial charge is 0.444 e. The van der Waals surface area contributed by atoms with E-state index in [1.165, 1.54) is 12.4 Å². The maximum atomic E-state index is 12.8. The molecule has 1 fully saturated rings. The molecule has 5 heterocycles. The Morgan fingerprint density at radius 1 is 1.05 bits per heavy atom. The number of rotatable bonds is 4. The molecule has 0 aromatic carbocycles. The Morgan fingerprint density at radius 2 is 1.82 bits per heavy atom. The van der Waals surface area contributed by atoms with Crippen molar-refractivity contribution in [3.05, 3.63) is 49.1 Å². The highest BCUT2D eigenvalue weighted by Gasteiger charge is 2.29. The van der Waals surface area contributed by atoms with Crippen molar-refractivity contribution in [1.29, 1.82) is 0 Å². The summed E-state index contributed by atoms with van der Waals surface area (Å²) in [6.45, 7) is 8.88. The number of aromatic nitrogens is 6. The Bertz CT molecular complexity index is 1510. The number of fused-ring (bicyclic) bond motifs is 1. The van der Waals surface area contributed by atoms with Crippen LogP contribution in [0.4, 0.5) is 23.8 Å². The highest BCUT2D eigenvalue weighted by molar-refractivity contribution is 5.83. The average Bonchev–Trinajstić information content (AvgIpc) is 3.44. The maximum absolute atomic E-state index is 12.8. The van der Waals surface area contributed by atoms with E-state index >= 15 is 0 Å². The summed E-state index contributed by atoms with van der Waals surface area (Å²) in [5, 5.41) is 9.08. The van der Waals surface area contributed by atoms with E-state index in [0.29, 0.717) is 48.8 Å². The Kier molecular flexibility index (Phi) is 7.15. The number of hydrogen-bond donors (Lipinski definition) is 0. The van der Waals surface area contributed by atoms with Gasteiger partial charge in [0.1, 0.15) is 18.0 Å². The van der Waals surface area contributed by atoms with Crippen molar-refractivity contribution in [1.82, 2.24) is 34.4 Å². The first-order valence-electron chi connectivity index (χ1n) is 13.0. The van der Waals surface area contributed by atoms with Gasteiger partial charge in [0, 0.05) is 49.5 Å². The molecule has 4 aromatic rings. The van der Waals surface area contributed by atoms with Gasteiger partial charge in [-0.25, -0.2) is 14.5 Å². The van der Waals surface area contributed by atoms with E-state index < -0.39 is 18.3 Å². The lowest BCUT2D eigenvalue weighted by molar-refractivity contribution is -0.142. The highest BCUT2D eigenvalue weighted by atomic mass is 19.4. The average molecular weight is 557 g/mol. The Morgan fingerprint density at radius 3 is 2.58 bits per heavy atom. The van der Waals surface area contributed by atoms with Gasteiger partial charge in [-0.2, -0.15) is 23.4 Å². The summed E-state index contributed by atoms with van der Waals surface area (Å²) in [6, 6.07) is 7.42. The summed E-state index contributed by atoms with van der Waals surface area (Å²) in [5.41, 5.74) is 1.09. The lowest BCUT2D eigenvalue weighted by Crippen LogP contribution is -2.40. The maximum Gasteiger partial charge on any atom is 0.410 e. The van der Waals surface area contributed by atoms with Crippen molar-refractivity contribution in [2.75, 3.05) is 31.1 Å². The van der Waals surface area contributed by atoms with Crippen molar-refractivity contribution in [3.8, 4) is 17.1 Å². The number of carbonyl (C=O) groups excluding carboxylic acids is 1. The number of hydrogen-bond acceptors (Lipinski definition) is 7. The molecule has 1 saturated heterocycles. The van der Waals surface area contributed by atoms with E-state index in [1.54, 1.807) is 28.0 Å². The van der Waals surface area contributed by atoms with Gasteiger partial charge in [0.25, 0.3) is 0 Å². The zero-order valence-electron chi connectivity index (χ0n) is 22.8. The standard InChI is InChI=1S/C27H31F3N8O2/c1-18-14-35(8-9-36(15-18)25(39)40-26(2,3)4)23-6-5-7-24(34-23)38-22-10-21(31-11-19(22)12-33-38)20-13-32-37(16-20)17-27(28,29)30/h5-7,10-13,16,18H,8-9,14-15,17H2,1-4H3/t18-/m1/s1. The minimum absolute atomic E-state index is 0.193. The van der Waals surface area contributed by atoms with Gasteiger partial charge in [-0.1, -0.05) is 13.0 Å². The molecule has 40 heavy (non-hydrogen) atoms. The molecule has 0 spiro atoms. The van der Waals surface area contributed by atoms with Crippen LogP contribution in [0.3, 0.4) is 0 Å². The van der Waals surface area contributed by atoms with Crippen molar-refractivity contribution in [3.63, 3.8) is 0 Å². The Hall–Kier alpha value is -4.16. The van der Waals surface area contributed by atoms with Gasteiger partial charge in [0.15, 0.2) is 5.82 Å². The molecule has 1 amide bonds. The summed E-state index contributed by atoms with van der Waals surface area (Å²) in [7, 11) is 0. The van der Waals surface area contributed by atoms with Gasteiger partial charge in [0.2, 0.25) is 0 Å². The van der Waals surface area contributed by atoms with Crippen LogP contribution in [0.5, 0.6) is 0 Å². The SMILES string of the molecule is C[C@H]1CN(C(=O)OC(C)(C)C)CCN(c2cccc(-n3ncc4cnc(-c5cnn(CC(F)(F)F)c5)cc43)n2)C1. The molecule has 5 rings (SSSR count). The number of nitrogens with zero attached hydrogens (tertiary/aromatic N) is 8. The third kappa shape index (κ3) is 6.35. The molecule has 4 aromatic heterocycles. The van der Waals surface area contributed by atoms with Crippen LogP contribution >= 0.6 is 0 Å². The van der Waals surface area contributed by atoms with Crippen molar-refractivity contribution < 1.29 is 22.7 Å². The summed E-state index contributed by atoms with van der Waals surface area (Å²) in [4.78, 5) is 25.8. The molecule has 1 aliphatic rings. The fourth-order valence-corrected chi connectivity index (χ4v) is 4.67. The highest BCUT2D eigenvalue weighted by Crippen LogP contribution is 2.26. The van der Waals surface area contributed by atoms with Crippen molar-refractivity contribution in [2.45, 2.75) is 46.0 Å².